The molecule has 0 unspecified atom stereocenters. The fraction of sp³-hybridized carbons (Fsp3) is 0.364. The van der Waals surface area contributed by atoms with E-state index in [0.717, 1.165) is 30.8 Å². The number of amides is 2. The molecule has 5 heteroatoms. The Balaban J connectivity index is 1.84. The zero-order valence-corrected chi connectivity index (χ0v) is 16.4. The van der Waals surface area contributed by atoms with Crippen molar-refractivity contribution >= 4 is 6.03 Å². The van der Waals surface area contributed by atoms with Crippen LogP contribution in [0.3, 0.4) is 0 Å². The van der Waals surface area contributed by atoms with E-state index in [0.29, 0.717) is 18.7 Å². The van der Waals surface area contributed by atoms with E-state index in [4.69, 9.17) is 5.26 Å². The Bertz CT molecular complexity index is 776. The van der Waals surface area contributed by atoms with Gasteiger partial charge in [-0.1, -0.05) is 50.2 Å². The van der Waals surface area contributed by atoms with Gasteiger partial charge >= 0.3 is 6.03 Å². The molecule has 0 aliphatic carbocycles. The van der Waals surface area contributed by atoms with Gasteiger partial charge in [0.25, 0.3) is 0 Å². The lowest BCUT2D eigenvalue weighted by Gasteiger charge is -2.19. The van der Waals surface area contributed by atoms with E-state index in [9.17, 15) is 4.79 Å². The summed E-state index contributed by atoms with van der Waals surface area (Å²) in [5.41, 5.74) is 3.90. The summed E-state index contributed by atoms with van der Waals surface area (Å²) in [5.74, 6) is 0. The zero-order chi connectivity index (χ0) is 19.6. The summed E-state index contributed by atoms with van der Waals surface area (Å²) in [5, 5.41) is 11.9. The van der Waals surface area contributed by atoms with Gasteiger partial charge in [-0.3, -0.25) is 4.90 Å². The first-order valence-corrected chi connectivity index (χ1v) is 9.33. The normalized spacial score (nSPS) is 10.5. The number of rotatable bonds is 8. The summed E-state index contributed by atoms with van der Waals surface area (Å²) < 4.78 is 0. The number of hydrogen-bond donors (Lipinski definition) is 1. The van der Waals surface area contributed by atoms with Crippen molar-refractivity contribution in [2.45, 2.75) is 33.5 Å². The highest BCUT2D eigenvalue weighted by molar-refractivity contribution is 5.73. The van der Waals surface area contributed by atoms with Crippen molar-refractivity contribution in [3.8, 4) is 6.07 Å². The van der Waals surface area contributed by atoms with Crippen molar-refractivity contribution in [2.75, 3.05) is 20.1 Å². The summed E-state index contributed by atoms with van der Waals surface area (Å²) in [6.45, 7) is 8.32. The van der Waals surface area contributed by atoms with E-state index in [2.05, 4.69) is 54.4 Å². The maximum absolute atomic E-state index is 12.3. The van der Waals surface area contributed by atoms with Gasteiger partial charge in [0, 0.05) is 26.7 Å². The SMILES string of the molecule is CCN(CC)Cc1ccc(CNC(=O)N(C)Cc2cccc(C#N)c2)cc1. The van der Waals surface area contributed by atoms with Gasteiger partial charge in [0.2, 0.25) is 0 Å². The third-order valence-electron chi connectivity index (χ3n) is 4.59. The van der Waals surface area contributed by atoms with Crippen LogP contribution in [0.2, 0.25) is 0 Å². The average molecular weight is 364 g/mol. The average Bonchev–Trinajstić information content (AvgIpc) is 2.71. The lowest BCUT2D eigenvalue weighted by Crippen LogP contribution is -2.36. The molecule has 5 nitrogen and oxygen atoms in total. The Hall–Kier alpha value is -2.84. The van der Waals surface area contributed by atoms with E-state index < -0.39 is 0 Å². The highest BCUT2D eigenvalue weighted by Gasteiger charge is 2.09. The van der Waals surface area contributed by atoms with Gasteiger partial charge in [-0.2, -0.15) is 5.26 Å². The number of benzene rings is 2. The van der Waals surface area contributed by atoms with Crippen LogP contribution in [0.4, 0.5) is 4.79 Å². The van der Waals surface area contributed by atoms with Crippen LogP contribution in [0.15, 0.2) is 48.5 Å². The van der Waals surface area contributed by atoms with Gasteiger partial charge in [0.15, 0.2) is 0 Å². The lowest BCUT2D eigenvalue weighted by atomic mass is 10.1. The Labute approximate surface area is 162 Å². The first-order valence-electron chi connectivity index (χ1n) is 9.33. The summed E-state index contributed by atoms with van der Waals surface area (Å²) in [7, 11) is 1.75. The second-order valence-electron chi connectivity index (χ2n) is 6.60. The molecule has 0 bridgehead atoms. The van der Waals surface area contributed by atoms with E-state index in [1.165, 1.54) is 5.56 Å². The van der Waals surface area contributed by atoms with Gasteiger partial charge in [0.1, 0.15) is 0 Å². The molecule has 142 valence electrons. The maximum atomic E-state index is 12.3. The predicted octanol–water partition coefficient (Wildman–Crippen LogP) is 3.74. The topological polar surface area (TPSA) is 59.4 Å². The van der Waals surface area contributed by atoms with Crippen molar-refractivity contribution in [1.29, 1.82) is 5.26 Å². The van der Waals surface area contributed by atoms with Crippen LogP contribution in [-0.4, -0.2) is 36.0 Å². The molecule has 0 fully saturated rings. The van der Waals surface area contributed by atoms with Gasteiger partial charge < -0.3 is 10.2 Å². The van der Waals surface area contributed by atoms with Crippen LogP contribution in [0.1, 0.15) is 36.1 Å². The molecular formula is C22H28N4O. The van der Waals surface area contributed by atoms with Crippen LogP contribution in [0, 0.1) is 11.3 Å². The third-order valence-corrected chi connectivity index (χ3v) is 4.59. The third kappa shape index (κ3) is 6.43. The maximum Gasteiger partial charge on any atom is 0.317 e. The van der Waals surface area contributed by atoms with E-state index in [1.54, 1.807) is 24.1 Å². The number of nitriles is 1. The molecular weight excluding hydrogens is 336 g/mol. The Morgan fingerprint density at radius 3 is 2.30 bits per heavy atom. The molecule has 0 radical (unpaired) electrons. The molecule has 0 saturated carbocycles. The Morgan fingerprint density at radius 1 is 1.00 bits per heavy atom. The van der Waals surface area contributed by atoms with Gasteiger partial charge in [0.05, 0.1) is 11.6 Å². The molecule has 0 spiro atoms. The van der Waals surface area contributed by atoms with Crippen molar-refractivity contribution in [3.05, 3.63) is 70.8 Å². The fourth-order valence-corrected chi connectivity index (χ4v) is 2.87. The largest absolute Gasteiger partial charge is 0.334 e. The minimum absolute atomic E-state index is 0.135. The number of urea groups is 1. The fourth-order valence-electron chi connectivity index (χ4n) is 2.87. The monoisotopic (exact) mass is 364 g/mol. The minimum Gasteiger partial charge on any atom is -0.334 e. The molecule has 2 rings (SSSR count). The minimum atomic E-state index is -0.135. The smallest absolute Gasteiger partial charge is 0.317 e. The number of carbonyl (C=O) groups is 1. The van der Waals surface area contributed by atoms with Crippen molar-refractivity contribution in [3.63, 3.8) is 0 Å². The van der Waals surface area contributed by atoms with Gasteiger partial charge in [-0.25, -0.2) is 4.79 Å². The van der Waals surface area contributed by atoms with Crippen molar-refractivity contribution in [2.24, 2.45) is 0 Å². The Kier molecular flexibility index (Phi) is 7.84. The first-order chi connectivity index (χ1) is 13.0. The number of hydrogen-bond acceptors (Lipinski definition) is 3. The summed E-state index contributed by atoms with van der Waals surface area (Å²) in [6.07, 6.45) is 0. The second-order valence-corrected chi connectivity index (χ2v) is 6.60. The Morgan fingerprint density at radius 2 is 1.67 bits per heavy atom. The van der Waals surface area contributed by atoms with Gasteiger partial charge in [-0.05, 0) is 41.9 Å². The second kappa shape index (κ2) is 10.3. The van der Waals surface area contributed by atoms with E-state index in [-0.39, 0.29) is 6.03 Å². The van der Waals surface area contributed by atoms with Crippen LogP contribution >= 0.6 is 0 Å². The molecule has 2 amide bonds. The molecule has 27 heavy (non-hydrogen) atoms. The lowest BCUT2D eigenvalue weighted by molar-refractivity contribution is 0.206. The summed E-state index contributed by atoms with van der Waals surface area (Å²) >= 11 is 0. The van der Waals surface area contributed by atoms with Crippen molar-refractivity contribution in [1.82, 2.24) is 15.1 Å². The standard InChI is InChI=1S/C22H28N4O/c1-4-26(5-2)17-19-11-9-18(10-12-19)15-24-22(27)25(3)16-21-8-6-7-20(13-21)14-23/h6-13H,4-5,15-17H2,1-3H3,(H,24,27). The van der Waals surface area contributed by atoms with E-state index >= 15 is 0 Å². The molecule has 2 aromatic rings. The van der Waals surface area contributed by atoms with Crippen LogP contribution in [-0.2, 0) is 19.6 Å². The molecule has 1 N–H and O–H groups in total. The van der Waals surface area contributed by atoms with Crippen molar-refractivity contribution < 1.29 is 4.79 Å². The quantitative estimate of drug-likeness (QED) is 0.776. The molecule has 0 aliphatic rings. The van der Waals surface area contributed by atoms with E-state index in [1.807, 2.05) is 12.1 Å². The molecule has 0 atom stereocenters. The molecule has 0 aromatic heterocycles. The van der Waals surface area contributed by atoms with Crippen LogP contribution in [0.5, 0.6) is 0 Å². The molecule has 0 aliphatic heterocycles. The summed E-state index contributed by atoms with van der Waals surface area (Å²) in [6, 6.07) is 17.7. The van der Waals surface area contributed by atoms with Crippen LogP contribution < -0.4 is 5.32 Å². The summed E-state index contributed by atoms with van der Waals surface area (Å²) in [4.78, 5) is 16.3. The number of nitrogens with zero attached hydrogens (tertiary/aromatic N) is 3. The highest BCUT2D eigenvalue weighted by Crippen LogP contribution is 2.09. The molecule has 0 heterocycles. The predicted molar refractivity (Wildman–Crippen MR) is 108 cm³/mol. The highest BCUT2D eigenvalue weighted by atomic mass is 16.2. The van der Waals surface area contributed by atoms with Gasteiger partial charge in [-0.15, -0.1) is 0 Å². The number of carbonyl (C=O) groups excluding carboxylic acids is 1. The van der Waals surface area contributed by atoms with Crippen LogP contribution in [0.25, 0.3) is 0 Å². The zero-order valence-electron chi connectivity index (χ0n) is 16.4. The molecule has 2 aromatic carbocycles. The molecule has 0 saturated heterocycles. The number of nitrogens with one attached hydrogen (secondary N) is 1. The first kappa shape index (κ1) is 20.5.